The van der Waals surface area contributed by atoms with E-state index >= 15 is 0 Å². The summed E-state index contributed by atoms with van der Waals surface area (Å²) in [5.74, 6) is 2.89. The quantitative estimate of drug-likeness (QED) is 0.475. The normalized spacial score (nSPS) is 26.9. The second kappa shape index (κ2) is 8.57. The third-order valence-electron chi connectivity index (χ3n) is 8.08. The fourth-order valence-electron chi connectivity index (χ4n) is 6.99. The molecule has 0 atom stereocenters. The number of benzene rings is 1. The molecule has 2 heterocycles. The van der Waals surface area contributed by atoms with Crippen molar-refractivity contribution in [2.75, 3.05) is 4.72 Å². The van der Waals surface area contributed by atoms with Crippen LogP contribution in [0.5, 0.6) is 5.88 Å². The molecule has 0 amide bonds. The highest BCUT2D eigenvalue weighted by molar-refractivity contribution is 7.92. The fourth-order valence-corrected chi connectivity index (χ4v) is 7.92. The number of hydrogen-bond donors (Lipinski definition) is 1. The van der Waals surface area contributed by atoms with Gasteiger partial charge in [0.15, 0.2) is 0 Å². The van der Waals surface area contributed by atoms with Crippen molar-refractivity contribution in [1.29, 1.82) is 0 Å². The number of rotatable bonds is 7. The molecule has 1 aromatic carbocycles. The lowest BCUT2D eigenvalue weighted by atomic mass is 9.54. The first-order chi connectivity index (χ1) is 17.2. The first-order valence-corrected chi connectivity index (χ1v) is 14.4. The highest BCUT2D eigenvalue weighted by atomic mass is 32.2. The lowest BCUT2D eigenvalue weighted by Crippen LogP contribution is -2.53. The number of sulfonamides is 1. The van der Waals surface area contributed by atoms with Crippen LogP contribution in [0.2, 0.25) is 0 Å². The van der Waals surface area contributed by atoms with Crippen molar-refractivity contribution in [3.63, 3.8) is 0 Å². The summed E-state index contributed by atoms with van der Waals surface area (Å²) >= 11 is 0. The minimum Gasteiger partial charge on any atom is -0.471 e. The van der Waals surface area contributed by atoms with E-state index in [1.807, 2.05) is 24.3 Å². The number of hydrogen-bond acceptors (Lipinski definition) is 6. The zero-order chi connectivity index (χ0) is 25.1. The molecular formula is C27H33N5O3S. The van der Waals surface area contributed by atoms with Crippen LogP contribution in [-0.2, 0) is 17.1 Å². The Morgan fingerprint density at radius 1 is 1.06 bits per heavy atom. The third kappa shape index (κ3) is 4.38. The summed E-state index contributed by atoms with van der Waals surface area (Å²) in [6.45, 7) is 4.28. The van der Waals surface area contributed by atoms with Crippen LogP contribution in [0.1, 0.15) is 63.9 Å². The van der Waals surface area contributed by atoms with Gasteiger partial charge in [-0.2, -0.15) is 10.1 Å². The molecule has 4 saturated carbocycles. The molecule has 7 rings (SSSR count). The predicted molar refractivity (Wildman–Crippen MR) is 137 cm³/mol. The predicted octanol–water partition coefficient (Wildman–Crippen LogP) is 5.15. The molecule has 0 unspecified atom stereocenters. The van der Waals surface area contributed by atoms with Crippen molar-refractivity contribution in [3.05, 3.63) is 48.3 Å². The molecule has 8 nitrogen and oxygen atoms in total. The largest absolute Gasteiger partial charge is 0.471 e. The van der Waals surface area contributed by atoms with E-state index < -0.39 is 10.0 Å². The van der Waals surface area contributed by atoms with Crippen molar-refractivity contribution in [2.24, 2.45) is 24.8 Å². The van der Waals surface area contributed by atoms with Gasteiger partial charge in [-0.1, -0.05) is 38.1 Å². The van der Waals surface area contributed by atoms with E-state index in [4.69, 9.17) is 4.74 Å². The minimum atomic E-state index is -3.90. The van der Waals surface area contributed by atoms with Gasteiger partial charge < -0.3 is 4.74 Å². The Bertz CT molecular complexity index is 1360. The average molecular weight is 508 g/mol. The molecule has 0 saturated heterocycles. The highest BCUT2D eigenvalue weighted by Crippen LogP contribution is 2.57. The van der Waals surface area contributed by atoms with Crippen molar-refractivity contribution in [3.8, 4) is 17.1 Å². The Balaban J connectivity index is 1.40. The van der Waals surface area contributed by atoms with Gasteiger partial charge in [-0.05, 0) is 67.8 Å². The highest BCUT2D eigenvalue weighted by Gasteiger charge is 2.52. The summed E-state index contributed by atoms with van der Waals surface area (Å²) in [4.78, 5) is 9.29. The van der Waals surface area contributed by atoms with Crippen molar-refractivity contribution in [1.82, 2.24) is 19.7 Å². The van der Waals surface area contributed by atoms with Crippen LogP contribution in [0, 0.1) is 17.8 Å². The monoisotopic (exact) mass is 507 g/mol. The number of nitrogens with zero attached hydrogens (tertiary/aromatic N) is 4. The molecule has 9 heteroatoms. The second-order valence-electron chi connectivity index (χ2n) is 11.3. The van der Waals surface area contributed by atoms with Crippen LogP contribution < -0.4 is 9.46 Å². The smallest absolute Gasteiger partial charge is 0.267 e. The van der Waals surface area contributed by atoms with Gasteiger partial charge in [0.1, 0.15) is 10.5 Å². The molecule has 36 heavy (non-hydrogen) atoms. The molecule has 1 N–H and O–H groups in total. The molecule has 0 radical (unpaired) electrons. The van der Waals surface area contributed by atoms with E-state index in [-0.39, 0.29) is 22.4 Å². The first-order valence-electron chi connectivity index (χ1n) is 12.9. The maximum atomic E-state index is 13.1. The van der Waals surface area contributed by atoms with Gasteiger partial charge in [-0.15, -0.1) is 0 Å². The van der Waals surface area contributed by atoms with E-state index in [1.54, 1.807) is 7.05 Å². The first kappa shape index (κ1) is 23.5. The standard InChI is InChI=1S/C27H33N5O3S/c1-17(2)22-6-4-5-7-23(22)24-11-25(35-27-12-18-8-19(13-27)10-20(9-18)14-27)30-26(29-24)31-36(33,34)21-15-28-32(3)16-21/h4-7,11,15-20H,8-10,12-14H2,1-3H3,(H,29,30,31). The Hall–Kier alpha value is -2.94. The van der Waals surface area contributed by atoms with Crippen LogP contribution in [-0.4, -0.2) is 33.8 Å². The molecule has 0 aliphatic heterocycles. The molecule has 190 valence electrons. The van der Waals surface area contributed by atoms with Gasteiger partial charge >= 0.3 is 0 Å². The second-order valence-corrected chi connectivity index (χ2v) is 13.0. The zero-order valence-electron chi connectivity index (χ0n) is 21.0. The summed E-state index contributed by atoms with van der Waals surface area (Å²) in [5.41, 5.74) is 2.53. The van der Waals surface area contributed by atoms with Gasteiger partial charge in [0.2, 0.25) is 11.8 Å². The SMILES string of the molecule is CC(C)c1ccccc1-c1cc(OC23CC4CC(CC(C4)C2)C3)nc(NS(=O)(=O)c2cnn(C)c2)n1. The van der Waals surface area contributed by atoms with Crippen LogP contribution in [0.3, 0.4) is 0 Å². The summed E-state index contributed by atoms with van der Waals surface area (Å²) in [7, 11) is -2.22. The Morgan fingerprint density at radius 2 is 1.72 bits per heavy atom. The van der Waals surface area contributed by atoms with E-state index in [2.05, 4.69) is 39.7 Å². The lowest BCUT2D eigenvalue weighted by Gasteiger charge is -2.55. The molecule has 4 bridgehead atoms. The summed E-state index contributed by atoms with van der Waals surface area (Å²) < 4.78 is 36.9. The molecule has 3 aromatic rings. The summed E-state index contributed by atoms with van der Waals surface area (Å²) in [6, 6.07) is 9.97. The lowest BCUT2D eigenvalue weighted by molar-refractivity contribution is -0.109. The van der Waals surface area contributed by atoms with Gasteiger partial charge in [0, 0.05) is 24.9 Å². The fraction of sp³-hybridized carbons (Fsp3) is 0.519. The van der Waals surface area contributed by atoms with Crippen LogP contribution in [0.15, 0.2) is 47.6 Å². The van der Waals surface area contributed by atoms with Crippen molar-refractivity contribution < 1.29 is 13.2 Å². The van der Waals surface area contributed by atoms with E-state index in [0.29, 0.717) is 11.6 Å². The van der Waals surface area contributed by atoms with Crippen molar-refractivity contribution >= 4 is 16.0 Å². The van der Waals surface area contributed by atoms with E-state index in [0.717, 1.165) is 48.1 Å². The molecular weight excluding hydrogens is 474 g/mol. The number of anilines is 1. The van der Waals surface area contributed by atoms with Crippen LogP contribution in [0.25, 0.3) is 11.3 Å². The molecule has 0 spiro atoms. The van der Waals surface area contributed by atoms with Crippen LogP contribution >= 0.6 is 0 Å². The number of ether oxygens (including phenoxy) is 1. The van der Waals surface area contributed by atoms with Gasteiger partial charge in [-0.25, -0.2) is 18.1 Å². The van der Waals surface area contributed by atoms with E-state index in [9.17, 15) is 8.42 Å². The topological polar surface area (TPSA) is 99.0 Å². The van der Waals surface area contributed by atoms with E-state index in [1.165, 1.54) is 36.3 Å². The van der Waals surface area contributed by atoms with Gasteiger partial charge in [0.05, 0.1) is 11.9 Å². The van der Waals surface area contributed by atoms with Gasteiger partial charge in [-0.3, -0.25) is 4.68 Å². The molecule has 4 aliphatic rings. The zero-order valence-corrected chi connectivity index (χ0v) is 21.8. The third-order valence-corrected chi connectivity index (χ3v) is 9.36. The number of aryl methyl sites for hydroxylation is 1. The molecule has 4 aliphatic carbocycles. The maximum Gasteiger partial charge on any atom is 0.267 e. The Labute approximate surface area is 212 Å². The number of nitrogens with one attached hydrogen (secondary N) is 1. The molecule has 4 fully saturated rings. The minimum absolute atomic E-state index is 0.00893. The summed E-state index contributed by atoms with van der Waals surface area (Å²) in [5, 5.41) is 3.99. The van der Waals surface area contributed by atoms with Gasteiger partial charge in [0.25, 0.3) is 10.0 Å². The average Bonchev–Trinajstić information content (AvgIpc) is 3.25. The Morgan fingerprint density at radius 3 is 2.33 bits per heavy atom. The summed E-state index contributed by atoms with van der Waals surface area (Å²) in [6.07, 6.45) is 9.87. The Kier molecular flexibility index (Phi) is 5.59. The maximum absolute atomic E-state index is 13.1. The van der Waals surface area contributed by atoms with Crippen LogP contribution in [0.4, 0.5) is 5.95 Å². The van der Waals surface area contributed by atoms with Crippen molar-refractivity contribution in [2.45, 2.75) is 68.8 Å². The number of aromatic nitrogens is 4. The molecule has 2 aromatic heterocycles.